The van der Waals surface area contributed by atoms with Gasteiger partial charge in [-0.15, -0.1) is 0 Å². The van der Waals surface area contributed by atoms with Crippen molar-refractivity contribution in [2.24, 2.45) is 0 Å². The van der Waals surface area contributed by atoms with Crippen LogP contribution in [0.4, 0.5) is 11.6 Å². The molecule has 2 aromatic rings. The maximum absolute atomic E-state index is 4.41. The van der Waals surface area contributed by atoms with Gasteiger partial charge in [0.15, 0.2) is 0 Å². The number of aromatic nitrogens is 2. The van der Waals surface area contributed by atoms with Crippen LogP contribution >= 0.6 is 11.8 Å². The van der Waals surface area contributed by atoms with Crippen molar-refractivity contribution in [3.05, 3.63) is 47.8 Å². The van der Waals surface area contributed by atoms with Crippen molar-refractivity contribution >= 4 is 23.4 Å². The number of nitrogens with zero attached hydrogens (tertiary/aromatic N) is 3. The average Bonchev–Trinajstić information content (AvgIpc) is 2.61. The van der Waals surface area contributed by atoms with Gasteiger partial charge in [-0.05, 0) is 17.5 Å². The molecule has 1 aliphatic rings. The second kappa shape index (κ2) is 7.49. The molecule has 0 saturated carbocycles. The summed E-state index contributed by atoms with van der Waals surface area (Å²) in [5.41, 5.74) is 2.64. The van der Waals surface area contributed by atoms with Crippen LogP contribution in [0.3, 0.4) is 0 Å². The molecule has 0 atom stereocenters. The summed E-state index contributed by atoms with van der Waals surface area (Å²) in [4.78, 5) is 11.1. The first kappa shape index (κ1) is 15.2. The fourth-order valence-corrected chi connectivity index (χ4v) is 3.40. The van der Waals surface area contributed by atoms with Gasteiger partial charge in [0.05, 0.1) is 0 Å². The van der Waals surface area contributed by atoms with Gasteiger partial charge in [0.1, 0.15) is 18.0 Å². The Morgan fingerprint density at radius 3 is 2.55 bits per heavy atom. The maximum Gasteiger partial charge on any atom is 0.134 e. The number of rotatable bonds is 5. The zero-order chi connectivity index (χ0) is 15.2. The van der Waals surface area contributed by atoms with E-state index in [0.29, 0.717) is 0 Å². The van der Waals surface area contributed by atoms with E-state index in [9.17, 15) is 0 Å². The summed E-state index contributed by atoms with van der Waals surface area (Å²) >= 11 is 2.01. The Bertz CT molecular complexity index is 594. The molecule has 1 aliphatic heterocycles. The molecule has 0 spiro atoms. The zero-order valence-corrected chi connectivity index (χ0v) is 13.8. The van der Waals surface area contributed by atoms with Crippen LogP contribution in [0.15, 0.2) is 36.7 Å². The van der Waals surface area contributed by atoms with Gasteiger partial charge in [0.25, 0.3) is 0 Å². The van der Waals surface area contributed by atoms with Crippen LogP contribution in [0, 0.1) is 0 Å². The van der Waals surface area contributed by atoms with Crippen LogP contribution in [-0.4, -0.2) is 34.6 Å². The number of hydrogen-bond acceptors (Lipinski definition) is 5. The molecule has 1 fully saturated rings. The topological polar surface area (TPSA) is 41.0 Å². The van der Waals surface area contributed by atoms with Gasteiger partial charge in [0, 0.05) is 37.2 Å². The second-order valence-corrected chi connectivity index (χ2v) is 6.61. The third-order valence-corrected chi connectivity index (χ3v) is 4.84. The van der Waals surface area contributed by atoms with E-state index in [1.807, 2.05) is 11.8 Å². The fourth-order valence-electron chi connectivity index (χ4n) is 2.49. The molecule has 5 heteroatoms. The predicted octanol–water partition coefficient (Wildman–Crippen LogP) is 3.20. The van der Waals surface area contributed by atoms with Gasteiger partial charge in [-0.2, -0.15) is 11.8 Å². The number of benzene rings is 1. The molecule has 0 amide bonds. The number of nitrogens with one attached hydrogen (secondary N) is 1. The van der Waals surface area contributed by atoms with Crippen molar-refractivity contribution in [1.82, 2.24) is 9.97 Å². The Labute approximate surface area is 136 Å². The molecule has 116 valence electrons. The highest BCUT2D eigenvalue weighted by molar-refractivity contribution is 7.99. The van der Waals surface area contributed by atoms with Crippen molar-refractivity contribution in [2.75, 3.05) is 34.8 Å². The van der Waals surface area contributed by atoms with Gasteiger partial charge in [-0.3, -0.25) is 0 Å². The van der Waals surface area contributed by atoms with Crippen molar-refractivity contribution in [3.8, 4) is 0 Å². The van der Waals surface area contributed by atoms with Crippen molar-refractivity contribution < 1.29 is 0 Å². The predicted molar refractivity (Wildman–Crippen MR) is 94.7 cm³/mol. The fraction of sp³-hybridized carbons (Fsp3) is 0.412. The van der Waals surface area contributed by atoms with Gasteiger partial charge >= 0.3 is 0 Å². The van der Waals surface area contributed by atoms with Crippen LogP contribution in [0.25, 0.3) is 0 Å². The smallest absolute Gasteiger partial charge is 0.134 e. The third kappa shape index (κ3) is 3.91. The Kier molecular flexibility index (Phi) is 5.16. The Balaban J connectivity index is 1.62. The van der Waals surface area contributed by atoms with Crippen LogP contribution < -0.4 is 10.2 Å². The lowest BCUT2D eigenvalue weighted by molar-refractivity contribution is 0.835. The second-order valence-electron chi connectivity index (χ2n) is 5.38. The Hall–Kier alpha value is -1.75. The molecule has 0 aliphatic carbocycles. The van der Waals surface area contributed by atoms with Gasteiger partial charge in [-0.25, -0.2) is 9.97 Å². The summed E-state index contributed by atoms with van der Waals surface area (Å²) < 4.78 is 0. The van der Waals surface area contributed by atoms with Gasteiger partial charge < -0.3 is 10.2 Å². The molecule has 0 bridgehead atoms. The molecule has 1 aromatic heterocycles. The van der Waals surface area contributed by atoms with Crippen LogP contribution in [0.1, 0.15) is 18.1 Å². The Morgan fingerprint density at radius 2 is 1.82 bits per heavy atom. The summed E-state index contributed by atoms with van der Waals surface area (Å²) in [7, 11) is 0. The largest absolute Gasteiger partial charge is 0.366 e. The average molecular weight is 314 g/mol. The van der Waals surface area contributed by atoms with E-state index < -0.39 is 0 Å². The molecule has 1 aromatic carbocycles. The van der Waals surface area contributed by atoms with E-state index in [4.69, 9.17) is 0 Å². The quantitative estimate of drug-likeness (QED) is 0.918. The first-order valence-electron chi connectivity index (χ1n) is 7.81. The third-order valence-electron chi connectivity index (χ3n) is 3.89. The molecule has 0 radical (unpaired) electrons. The molecule has 0 unspecified atom stereocenters. The van der Waals surface area contributed by atoms with Gasteiger partial charge in [0.2, 0.25) is 0 Å². The molecule has 1 saturated heterocycles. The summed E-state index contributed by atoms with van der Waals surface area (Å²) in [5, 5.41) is 3.39. The van der Waals surface area contributed by atoms with Crippen LogP contribution in [0.5, 0.6) is 0 Å². The van der Waals surface area contributed by atoms with Crippen LogP contribution in [-0.2, 0) is 13.0 Å². The highest BCUT2D eigenvalue weighted by Gasteiger charge is 2.12. The van der Waals surface area contributed by atoms with E-state index >= 15 is 0 Å². The maximum atomic E-state index is 4.41. The highest BCUT2D eigenvalue weighted by Crippen LogP contribution is 2.19. The minimum Gasteiger partial charge on any atom is -0.366 e. The monoisotopic (exact) mass is 314 g/mol. The lowest BCUT2D eigenvalue weighted by atomic mass is 10.1. The summed E-state index contributed by atoms with van der Waals surface area (Å²) in [6.07, 6.45) is 2.73. The molecule has 22 heavy (non-hydrogen) atoms. The first-order valence-corrected chi connectivity index (χ1v) is 8.97. The lowest BCUT2D eigenvalue weighted by Gasteiger charge is -2.27. The number of aryl methyl sites for hydroxylation is 1. The standard InChI is InChI=1S/C17H22N4S/c1-2-14-3-5-15(6-4-14)12-18-16-11-17(20-13-19-16)21-7-9-22-10-8-21/h3-6,11,13H,2,7-10,12H2,1H3,(H,18,19,20). The van der Waals surface area contributed by atoms with E-state index in [-0.39, 0.29) is 0 Å². The Morgan fingerprint density at radius 1 is 1.09 bits per heavy atom. The minimum atomic E-state index is 0.788. The van der Waals surface area contributed by atoms with E-state index in [0.717, 1.165) is 37.7 Å². The van der Waals surface area contributed by atoms with Crippen molar-refractivity contribution in [3.63, 3.8) is 0 Å². The molecular weight excluding hydrogens is 292 g/mol. The van der Waals surface area contributed by atoms with Crippen molar-refractivity contribution in [1.29, 1.82) is 0 Å². The summed E-state index contributed by atoms with van der Waals surface area (Å²) in [5.74, 6) is 4.27. The van der Waals surface area contributed by atoms with Crippen LogP contribution in [0.2, 0.25) is 0 Å². The van der Waals surface area contributed by atoms with Gasteiger partial charge in [-0.1, -0.05) is 31.2 Å². The summed E-state index contributed by atoms with van der Waals surface area (Å²) in [6.45, 7) is 5.10. The SMILES string of the molecule is CCc1ccc(CNc2cc(N3CCSCC3)ncn2)cc1. The van der Waals surface area contributed by atoms with E-state index in [1.165, 1.54) is 22.6 Å². The molecular formula is C17H22N4S. The molecule has 3 rings (SSSR count). The highest BCUT2D eigenvalue weighted by atomic mass is 32.2. The minimum absolute atomic E-state index is 0.788. The van der Waals surface area contributed by atoms with Crippen molar-refractivity contribution in [2.45, 2.75) is 19.9 Å². The molecule has 1 N–H and O–H groups in total. The lowest BCUT2D eigenvalue weighted by Crippen LogP contribution is -2.33. The first-order chi connectivity index (χ1) is 10.8. The number of thioether (sulfide) groups is 1. The zero-order valence-electron chi connectivity index (χ0n) is 13.0. The van der Waals surface area contributed by atoms with E-state index in [1.54, 1.807) is 6.33 Å². The number of anilines is 2. The molecule has 2 heterocycles. The number of hydrogen-bond donors (Lipinski definition) is 1. The normalized spacial score (nSPS) is 14.9. The molecule has 4 nitrogen and oxygen atoms in total. The van der Waals surface area contributed by atoms with E-state index in [2.05, 4.69) is 57.4 Å². The summed E-state index contributed by atoms with van der Waals surface area (Å²) in [6, 6.07) is 10.8.